The van der Waals surface area contributed by atoms with Crippen LogP contribution < -0.4 is 5.73 Å². The Kier molecular flexibility index (Phi) is 1.89. The molecule has 0 saturated carbocycles. The number of carbonyl (C=O) groups is 1. The van der Waals surface area contributed by atoms with E-state index in [2.05, 4.69) is 0 Å². The van der Waals surface area contributed by atoms with E-state index in [9.17, 15) is 4.79 Å². The van der Waals surface area contributed by atoms with Gasteiger partial charge in [0.25, 0.3) is 0 Å². The van der Waals surface area contributed by atoms with Gasteiger partial charge in [-0.05, 0) is 0 Å². The van der Waals surface area contributed by atoms with Crippen LogP contribution in [0.3, 0.4) is 0 Å². The van der Waals surface area contributed by atoms with Gasteiger partial charge in [-0.2, -0.15) is 0 Å². The van der Waals surface area contributed by atoms with E-state index in [0.717, 1.165) is 6.07 Å². The van der Waals surface area contributed by atoms with E-state index in [0.29, 0.717) is 0 Å². The van der Waals surface area contributed by atoms with Gasteiger partial charge < -0.3 is 26.2 Å². The molecule has 0 aliphatic rings. The molecule has 1 rings (SSSR count). The van der Waals surface area contributed by atoms with E-state index in [1.165, 1.54) is 0 Å². The molecule has 1 aromatic rings. The van der Waals surface area contributed by atoms with Crippen molar-refractivity contribution in [2.75, 3.05) is 5.73 Å². The molecule has 0 radical (unpaired) electrons. The standard InChI is InChI=1S/C7H7NO5/c8-4-2(7(12)13)1-3(9)5(10)6(4)11/h1,9-11H,8H2,(H,12,13). The van der Waals surface area contributed by atoms with Crippen molar-refractivity contribution in [3.05, 3.63) is 11.6 Å². The summed E-state index contributed by atoms with van der Waals surface area (Å²) in [6.07, 6.45) is 0. The van der Waals surface area contributed by atoms with Crippen molar-refractivity contribution in [2.24, 2.45) is 0 Å². The Hall–Kier alpha value is -2.11. The zero-order valence-electron chi connectivity index (χ0n) is 6.35. The molecule has 0 unspecified atom stereocenters. The second-order valence-corrected chi connectivity index (χ2v) is 2.36. The van der Waals surface area contributed by atoms with Crippen LogP contribution in [0.5, 0.6) is 17.2 Å². The maximum atomic E-state index is 10.5. The largest absolute Gasteiger partial charge is 0.504 e. The summed E-state index contributed by atoms with van der Waals surface area (Å²) in [6, 6.07) is 0.757. The second-order valence-electron chi connectivity index (χ2n) is 2.36. The van der Waals surface area contributed by atoms with Crippen LogP contribution >= 0.6 is 0 Å². The first kappa shape index (κ1) is 8.98. The highest BCUT2D eigenvalue weighted by Gasteiger charge is 2.18. The van der Waals surface area contributed by atoms with Gasteiger partial charge in [-0.25, -0.2) is 4.79 Å². The van der Waals surface area contributed by atoms with Gasteiger partial charge in [-0.15, -0.1) is 0 Å². The summed E-state index contributed by atoms with van der Waals surface area (Å²) < 4.78 is 0. The summed E-state index contributed by atoms with van der Waals surface area (Å²) in [5.41, 5.74) is 4.20. The summed E-state index contributed by atoms with van der Waals surface area (Å²) in [5.74, 6) is -3.80. The summed E-state index contributed by atoms with van der Waals surface area (Å²) in [5, 5.41) is 35.4. The number of carboxylic acid groups (broad SMARTS) is 1. The number of phenols is 3. The van der Waals surface area contributed by atoms with Gasteiger partial charge in [0.2, 0.25) is 5.75 Å². The number of aromatic carboxylic acids is 1. The van der Waals surface area contributed by atoms with E-state index in [1.54, 1.807) is 0 Å². The van der Waals surface area contributed by atoms with E-state index >= 15 is 0 Å². The average Bonchev–Trinajstić information content (AvgIpc) is 2.07. The molecule has 6 N–H and O–H groups in total. The highest BCUT2D eigenvalue weighted by molar-refractivity contribution is 5.96. The molecule has 13 heavy (non-hydrogen) atoms. The Morgan fingerprint density at radius 1 is 1.23 bits per heavy atom. The van der Waals surface area contributed by atoms with Crippen LogP contribution in [0.15, 0.2) is 6.07 Å². The Labute approximate surface area is 72.5 Å². The molecule has 0 bridgehead atoms. The monoisotopic (exact) mass is 185 g/mol. The van der Waals surface area contributed by atoms with E-state index in [1.807, 2.05) is 0 Å². The minimum atomic E-state index is -1.40. The summed E-state index contributed by atoms with van der Waals surface area (Å²) in [6.45, 7) is 0. The molecule has 6 heteroatoms. The third-order valence-corrected chi connectivity index (χ3v) is 1.52. The smallest absolute Gasteiger partial charge is 0.338 e. The van der Waals surface area contributed by atoms with Gasteiger partial charge >= 0.3 is 5.97 Å². The number of anilines is 1. The number of phenolic OH excluding ortho intramolecular Hbond substituents is 3. The number of hydrogen-bond acceptors (Lipinski definition) is 5. The van der Waals surface area contributed by atoms with Crippen LogP contribution in [0.25, 0.3) is 0 Å². The van der Waals surface area contributed by atoms with Crippen LogP contribution in [0, 0.1) is 0 Å². The van der Waals surface area contributed by atoms with Crippen molar-refractivity contribution < 1.29 is 25.2 Å². The van der Waals surface area contributed by atoms with Crippen molar-refractivity contribution in [3.63, 3.8) is 0 Å². The van der Waals surface area contributed by atoms with Crippen molar-refractivity contribution in [1.29, 1.82) is 0 Å². The first-order valence-corrected chi connectivity index (χ1v) is 3.21. The summed E-state index contributed by atoms with van der Waals surface area (Å²) in [7, 11) is 0. The lowest BCUT2D eigenvalue weighted by molar-refractivity contribution is 0.0697. The lowest BCUT2D eigenvalue weighted by Crippen LogP contribution is -2.02. The molecule has 0 fully saturated rings. The van der Waals surface area contributed by atoms with Crippen LogP contribution in [0.4, 0.5) is 5.69 Å². The van der Waals surface area contributed by atoms with Gasteiger partial charge in [-0.3, -0.25) is 0 Å². The molecule has 0 spiro atoms. The first-order chi connectivity index (χ1) is 5.95. The van der Waals surface area contributed by atoms with Crippen LogP contribution in [0.1, 0.15) is 10.4 Å². The fourth-order valence-electron chi connectivity index (χ4n) is 0.836. The lowest BCUT2D eigenvalue weighted by Gasteiger charge is -2.06. The Bertz CT molecular complexity index is 374. The molecular formula is C7H7NO5. The first-order valence-electron chi connectivity index (χ1n) is 3.21. The maximum absolute atomic E-state index is 10.5. The minimum absolute atomic E-state index is 0.465. The predicted molar refractivity (Wildman–Crippen MR) is 42.8 cm³/mol. The third kappa shape index (κ3) is 1.28. The molecule has 6 nitrogen and oxygen atoms in total. The molecule has 1 aromatic carbocycles. The van der Waals surface area contributed by atoms with E-state index in [4.69, 9.17) is 26.2 Å². The van der Waals surface area contributed by atoms with Gasteiger partial charge in [0, 0.05) is 6.07 Å². The van der Waals surface area contributed by atoms with Gasteiger partial charge in [0.15, 0.2) is 11.5 Å². The van der Waals surface area contributed by atoms with Crippen molar-refractivity contribution in [1.82, 2.24) is 0 Å². The van der Waals surface area contributed by atoms with Crippen LogP contribution in [-0.4, -0.2) is 26.4 Å². The number of hydrogen-bond donors (Lipinski definition) is 5. The highest BCUT2D eigenvalue weighted by Crippen LogP contribution is 2.41. The number of aromatic hydroxyl groups is 3. The number of benzene rings is 1. The second kappa shape index (κ2) is 2.74. The predicted octanol–water partition coefficient (Wildman–Crippen LogP) is 0.0838. The molecule has 0 atom stereocenters. The third-order valence-electron chi connectivity index (χ3n) is 1.52. The molecular weight excluding hydrogens is 178 g/mol. The fourth-order valence-corrected chi connectivity index (χ4v) is 0.836. The van der Waals surface area contributed by atoms with Gasteiger partial charge in [0.1, 0.15) is 0 Å². The van der Waals surface area contributed by atoms with E-state index < -0.39 is 34.5 Å². The van der Waals surface area contributed by atoms with Crippen molar-refractivity contribution in [3.8, 4) is 17.2 Å². The Morgan fingerprint density at radius 2 is 1.77 bits per heavy atom. The van der Waals surface area contributed by atoms with Gasteiger partial charge in [-0.1, -0.05) is 0 Å². The molecule has 0 aliphatic heterocycles. The number of nitrogens with two attached hydrogens (primary N) is 1. The molecule has 0 aliphatic carbocycles. The normalized spacial score (nSPS) is 9.85. The zero-order valence-corrected chi connectivity index (χ0v) is 6.35. The number of nitrogen functional groups attached to an aromatic ring is 1. The molecule has 0 amide bonds. The lowest BCUT2D eigenvalue weighted by atomic mass is 10.1. The molecule has 0 heterocycles. The Balaban J connectivity index is 3.50. The van der Waals surface area contributed by atoms with Crippen molar-refractivity contribution in [2.45, 2.75) is 0 Å². The zero-order chi connectivity index (χ0) is 10.2. The maximum Gasteiger partial charge on any atom is 0.338 e. The molecule has 0 saturated heterocycles. The SMILES string of the molecule is Nc1c(C(=O)O)cc(O)c(O)c1O. The van der Waals surface area contributed by atoms with Crippen LogP contribution in [-0.2, 0) is 0 Å². The van der Waals surface area contributed by atoms with E-state index in [-0.39, 0.29) is 0 Å². The molecule has 70 valence electrons. The average molecular weight is 185 g/mol. The van der Waals surface area contributed by atoms with Crippen LogP contribution in [0.2, 0.25) is 0 Å². The Morgan fingerprint density at radius 3 is 2.23 bits per heavy atom. The number of carboxylic acids is 1. The van der Waals surface area contributed by atoms with Crippen molar-refractivity contribution >= 4 is 11.7 Å². The number of rotatable bonds is 1. The highest BCUT2D eigenvalue weighted by atomic mass is 16.4. The topological polar surface area (TPSA) is 124 Å². The quantitative estimate of drug-likeness (QED) is 0.240. The minimum Gasteiger partial charge on any atom is -0.504 e. The summed E-state index contributed by atoms with van der Waals surface area (Å²) >= 11 is 0. The fraction of sp³-hybridized carbons (Fsp3) is 0. The summed E-state index contributed by atoms with van der Waals surface area (Å²) in [4.78, 5) is 10.5. The molecule has 0 aromatic heterocycles. The van der Waals surface area contributed by atoms with Gasteiger partial charge in [0.05, 0.1) is 11.3 Å².